The predicted molar refractivity (Wildman–Crippen MR) is 250 cm³/mol. The van der Waals surface area contributed by atoms with Gasteiger partial charge in [0, 0.05) is 25.2 Å². The molecule has 1 aliphatic rings. The lowest BCUT2D eigenvalue weighted by atomic mass is 9.79. The number of methoxy groups -OCH3 is 3. The number of sulfone groups is 1. The normalized spacial score (nSPS) is 15.3. The second-order valence-electron chi connectivity index (χ2n) is 16.9. The molecule has 0 aliphatic carbocycles. The number of rotatable bonds is 15. The van der Waals surface area contributed by atoms with E-state index >= 15 is 16.8 Å². The third-order valence-corrected chi connectivity index (χ3v) is 16.7. The van der Waals surface area contributed by atoms with Gasteiger partial charge in [0.1, 0.15) is 33.5 Å². The number of hydrogen-bond acceptors (Lipinski definition) is 14. The molecule has 0 saturated carbocycles. The van der Waals surface area contributed by atoms with Gasteiger partial charge in [-0.05, 0) is 81.4 Å². The molecule has 2 unspecified atom stereocenters. The number of aromatic nitrogens is 5. The average Bonchev–Trinajstić information content (AvgIpc) is 3.95. The predicted octanol–water partition coefficient (Wildman–Crippen LogP) is 7.50. The van der Waals surface area contributed by atoms with E-state index in [0.29, 0.717) is 44.2 Å². The maximum Gasteiger partial charge on any atom is 0.407 e. The van der Waals surface area contributed by atoms with Gasteiger partial charge in [0.05, 0.1) is 54.6 Å². The number of fused-ring (bicyclic) bond motifs is 1. The van der Waals surface area contributed by atoms with E-state index in [0.717, 1.165) is 21.8 Å². The summed E-state index contributed by atoms with van der Waals surface area (Å²) in [5.41, 5.74) is 1.76. The molecule has 8 rings (SSSR count). The van der Waals surface area contributed by atoms with E-state index in [1.165, 1.54) is 35.5 Å². The number of hydrogen-bond donors (Lipinski definition) is 1. The summed E-state index contributed by atoms with van der Waals surface area (Å²) >= 11 is 1.14. The molecule has 1 aliphatic heterocycles. The number of benzene rings is 5. The highest BCUT2D eigenvalue weighted by atomic mass is 32.2. The molecule has 2 atom stereocenters. The van der Waals surface area contributed by atoms with Crippen molar-refractivity contribution in [2.24, 2.45) is 5.41 Å². The van der Waals surface area contributed by atoms with Crippen LogP contribution in [0.2, 0.25) is 0 Å². The monoisotopic (exact) mass is 962 g/mol. The Labute approximate surface area is 391 Å². The molecule has 67 heavy (non-hydrogen) atoms. The van der Waals surface area contributed by atoms with E-state index < -0.39 is 59.0 Å². The third-order valence-electron chi connectivity index (χ3n) is 11.6. The summed E-state index contributed by atoms with van der Waals surface area (Å²) in [5.74, 6) is 1.50. The molecule has 20 heteroatoms. The zero-order chi connectivity index (χ0) is 47.8. The van der Waals surface area contributed by atoms with Crippen molar-refractivity contribution in [3.8, 4) is 45.8 Å². The van der Waals surface area contributed by atoms with E-state index in [1.807, 2.05) is 12.1 Å². The third kappa shape index (κ3) is 9.15. The Kier molecular flexibility index (Phi) is 12.8. The van der Waals surface area contributed by atoms with Crippen LogP contribution in [0.3, 0.4) is 0 Å². The number of tetrazole rings is 1. The van der Waals surface area contributed by atoms with Crippen LogP contribution in [-0.2, 0) is 39.5 Å². The highest BCUT2D eigenvalue weighted by molar-refractivity contribution is 7.94. The van der Waals surface area contributed by atoms with Gasteiger partial charge < -0.3 is 24.2 Å². The molecule has 0 bridgehead atoms. The van der Waals surface area contributed by atoms with Crippen molar-refractivity contribution in [1.29, 1.82) is 5.26 Å². The minimum Gasteiger partial charge on any atom is -0.497 e. The fraction of sp³-hybridized carbons (Fsp3) is 0.277. The smallest absolute Gasteiger partial charge is 0.407 e. The minimum absolute atomic E-state index is 0.0982. The van der Waals surface area contributed by atoms with E-state index in [2.05, 4.69) is 21.4 Å². The second-order valence-corrected chi connectivity index (χ2v) is 21.9. The molecule has 1 saturated heterocycles. The Bertz CT molecular complexity index is 3190. The number of carboxylic acid groups (broad SMARTS) is 1. The van der Waals surface area contributed by atoms with E-state index in [4.69, 9.17) is 19.3 Å². The van der Waals surface area contributed by atoms with Crippen LogP contribution in [0.4, 0.5) is 4.79 Å². The first-order valence-electron chi connectivity index (χ1n) is 20.8. The van der Waals surface area contributed by atoms with Crippen LogP contribution in [0.5, 0.6) is 17.2 Å². The van der Waals surface area contributed by atoms with E-state index in [9.17, 15) is 15.2 Å². The largest absolute Gasteiger partial charge is 0.497 e. The molecule has 0 spiro atoms. The van der Waals surface area contributed by atoms with Crippen LogP contribution in [0.1, 0.15) is 42.5 Å². The molecule has 346 valence electrons. The highest BCUT2D eigenvalue weighted by Gasteiger charge is 2.56. The SMILES string of the molecule is COc1ccc(CN(Cc2ccc(OC)cc2)S(=O)(=O)c2c(S(=O)(=O)C3CN(C(=O)O)C3C(C)(C)C)ccc(-c3cccc4sc(C#N)nc34)c2-c2nnn(Cc3ccc(OC)cc3)n2)cc1. The van der Waals surface area contributed by atoms with Gasteiger partial charge in [-0.3, -0.25) is 0 Å². The molecule has 0 radical (unpaired) electrons. The van der Waals surface area contributed by atoms with Crippen molar-refractivity contribution >= 4 is 47.5 Å². The fourth-order valence-electron chi connectivity index (χ4n) is 8.36. The van der Waals surface area contributed by atoms with Crippen molar-refractivity contribution in [3.05, 3.63) is 125 Å². The molecule has 17 nitrogen and oxygen atoms in total. The number of para-hydroxylation sites is 1. The highest BCUT2D eigenvalue weighted by Crippen LogP contribution is 2.47. The van der Waals surface area contributed by atoms with Crippen LogP contribution in [0.15, 0.2) is 113 Å². The molecule has 3 heterocycles. The Balaban J connectivity index is 1.43. The standard InChI is InChI=1S/C47H46N8O9S3/c1-47(2,3)44-39(28-54(44)46(56)57)66(58,59)38-23-22-35(36-8-7-9-37-42(36)49-40(24-48)65-37)41(45-50-52-55(51-45)27-31-14-20-34(64-6)21-15-31)43(38)67(60,61)53(25-29-10-16-32(62-4)17-11-29)26-30-12-18-33(63-5)19-13-30/h7-23,39,44H,25-28H2,1-6H3,(H,56,57). The van der Waals surface area contributed by atoms with Crippen molar-refractivity contribution < 1.29 is 40.9 Å². The van der Waals surface area contributed by atoms with Gasteiger partial charge in [-0.1, -0.05) is 75.4 Å². The zero-order valence-corrected chi connectivity index (χ0v) is 39.8. The average molecular weight is 963 g/mol. The van der Waals surface area contributed by atoms with Gasteiger partial charge in [0.25, 0.3) is 0 Å². The minimum atomic E-state index is -5.00. The first-order valence-corrected chi connectivity index (χ1v) is 24.6. The summed E-state index contributed by atoms with van der Waals surface area (Å²) in [5, 5.41) is 32.4. The van der Waals surface area contributed by atoms with Crippen molar-refractivity contribution in [3.63, 3.8) is 0 Å². The van der Waals surface area contributed by atoms with Crippen molar-refractivity contribution in [2.75, 3.05) is 27.9 Å². The molecule has 1 N–H and O–H groups in total. The summed E-state index contributed by atoms with van der Waals surface area (Å²) in [6.07, 6.45) is -1.30. The number of likely N-dealkylation sites (tertiary alicyclic amines) is 1. The van der Waals surface area contributed by atoms with Crippen LogP contribution >= 0.6 is 11.3 Å². The Hall–Kier alpha value is -6.92. The lowest BCUT2D eigenvalue weighted by molar-refractivity contribution is 0.0237. The molecular weight excluding hydrogens is 917 g/mol. The van der Waals surface area contributed by atoms with E-state index in [1.54, 1.807) is 107 Å². The quantitative estimate of drug-likeness (QED) is 0.105. The number of carbonyl (C=O) groups is 1. The lowest BCUT2D eigenvalue weighted by Gasteiger charge is -2.52. The van der Waals surface area contributed by atoms with E-state index in [-0.39, 0.29) is 41.6 Å². The number of amides is 1. The number of thiazole rings is 1. The van der Waals surface area contributed by atoms with Crippen LogP contribution in [-0.4, -0.2) is 102 Å². The van der Waals surface area contributed by atoms with Crippen molar-refractivity contribution in [2.45, 2.75) is 61.5 Å². The van der Waals surface area contributed by atoms with Gasteiger partial charge in [0.15, 0.2) is 14.8 Å². The van der Waals surface area contributed by atoms with Crippen LogP contribution in [0, 0.1) is 16.7 Å². The summed E-state index contributed by atoms with van der Waals surface area (Å²) in [6, 6.07) is 29.8. The lowest BCUT2D eigenvalue weighted by Crippen LogP contribution is -2.69. The van der Waals surface area contributed by atoms with Crippen LogP contribution in [0.25, 0.3) is 32.7 Å². The summed E-state index contributed by atoms with van der Waals surface area (Å²) in [6.45, 7) is 4.45. The molecular formula is C47H46N8O9S3. The number of nitriles is 1. The zero-order valence-electron chi connectivity index (χ0n) is 37.3. The van der Waals surface area contributed by atoms with Crippen molar-refractivity contribution in [1.82, 2.24) is 34.4 Å². The first-order chi connectivity index (χ1) is 32.0. The molecule has 7 aromatic rings. The second kappa shape index (κ2) is 18.4. The summed E-state index contributed by atoms with van der Waals surface area (Å²) in [7, 11) is -5.14. The Morgan fingerprint density at radius 1 is 0.821 bits per heavy atom. The Morgan fingerprint density at radius 3 is 1.91 bits per heavy atom. The van der Waals surface area contributed by atoms with Gasteiger partial charge in [-0.15, -0.1) is 21.5 Å². The number of nitrogens with zero attached hydrogens (tertiary/aromatic N) is 8. The molecule has 5 aromatic carbocycles. The number of sulfonamides is 1. The molecule has 1 fully saturated rings. The molecule has 2 aromatic heterocycles. The fourth-order valence-corrected chi connectivity index (χ4v) is 13.7. The Morgan fingerprint density at radius 2 is 1.39 bits per heavy atom. The van der Waals surface area contributed by atoms with Gasteiger partial charge >= 0.3 is 6.09 Å². The number of ether oxygens (including phenoxy) is 3. The maximum absolute atomic E-state index is 16.2. The molecule has 1 amide bonds. The maximum atomic E-state index is 16.2. The van der Waals surface area contributed by atoms with Crippen LogP contribution < -0.4 is 14.2 Å². The van der Waals surface area contributed by atoms with Gasteiger partial charge in [0.2, 0.25) is 15.8 Å². The topological polar surface area (TPSA) is 220 Å². The van der Waals surface area contributed by atoms with Gasteiger partial charge in [-0.2, -0.15) is 14.4 Å². The first kappa shape index (κ1) is 46.6. The summed E-state index contributed by atoms with van der Waals surface area (Å²) < 4.78 is 81.4. The van der Waals surface area contributed by atoms with Gasteiger partial charge in [-0.25, -0.2) is 26.6 Å². The summed E-state index contributed by atoms with van der Waals surface area (Å²) in [4.78, 5) is 18.2.